The van der Waals surface area contributed by atoms with Crippen molar-refractivity contribution in [2.24, 2.45) is 0 Å². The van der Waals surface area contributed by atoms with Gasteiger partial charge in [0.25, 0.3) is 21.8 Å². The Labute approximate surface area is 174 Å². The number of carbonyl (C=O) groups is 2. The number of rotatable bonds is 5. The van der Waals surface area contributed by atoms with Crippen LogP contribution in [0, 0.1) is 0 Å². The number of benzene rings is 2. The summed E-state index contributed by atoms with van der Waals surface area (Å²) >= 11 is 6.30. The minimum absolute atomic E-state index is 0.0976. The summed E-state index contributed by atoms with van der Waals surface area (Å²) in [6.07, 6.45) is 2.72. The molecule has 0 bridgehead atoms. The van der Waals surface area contributed by atoms with Gasteiger partial charge in [-0.05, 0) is 61.1 Å². The molecule has 152 valence electrons. The molecule has 29 heavy (non-hydrogen) atoms. The third-order valence-corrected chi connectivity index (χ3v) is 7.63. The molecule has 2 aromatic carbocycles. The van der Waals surface area contributed by atoms with Crippen LogP contribution >= 0.6 is 11.6 Å². The van der Waals surface area contributed by atoms with Crippen LogP contribution in [-0.2, 0) is 22.9 Å². The highest BCUT2D eigenvalue weighted by molar-refractivity contribution is 7.90. The largest absolute Gasteiger partial charge is 0.321 e. The molecule has 0 aromatic heterocycles. The number of nitrogens with one attached hydrogen (secondary N) is 1. The van der Waals surface area contributed by atoms with Crippen LogP contribution in [0.5, 0.6) is 0 Å². The Kier molecular flexibility index (Phi) is 4.91. The van der Waals surface area contributed by atoms with E-state index in [2.05, 4.69) is 5.32 Å². The van der Waals surface area contributed by atoms with Crippen molar-refractivity contribution in [3.8, 4) is 0 Å². The lowest BCUT2D eigenvalue weighted by Crippen LogP contribution is -2.31. The van der Waals surface area contributed by atoms with Gasteiger partial charge in [0, 0.05) is 22.3 Å². The van der Waals surface area contributed by atoms with E-state index in [1.54, 1.807) is 0 Å². The van der Waals surface area contributed by atoms with Gasteiger partial charge in [-0.3, -0.25) is 9.59 Å². The van der Waals surface area contributed by atoms with Crippen LogP contribution < -0.4 is 5.32 Å². The summed E-state index contributed by atoms with van der Waals surface area (Å²) in [7, 11) is -3.91. The van der Waals surface area contributed by atoms with E-state index in [-0.39, 0.29) is 22.1 Å². The lowest BCUT2D eigenvalue weighted by molar-refractivity contribution is 0.0864. The standard InChI is InChI=1S/C21H21ClN2O4S/c1-3-12-6-10-17(22)15(4-2)19(12)23-20(25)13-5-9-16-18(11-13)29(27,28)24(21(16)26)14-7-8-14/h5-6,9-11,14H,3-4,7-8H2,1-2H3,(H,23,25). The van der Waals surface area contributed by atoms with Crippen molar-refractivity contribution >= 4 is 39.1 Å². The van der Waals surface area contributed by atoms with Crippen LogP contribution in [-0.4, -0.2) is 30.6 Å². The highest BCUT2D eigenvalue weighted by Crippen LogP contribution is 2.40. The van der Waals surface area contributed by atoms with Crippen molar-refractivity contribution in [2.45, 2.75) is 50.5 Å². The molecule has 2 aliphatic rings. The number of amides is 2. The zero-order valence-corrected chi connectivity index (χ0v) is 17.7. The van der Waals surface area contributed by atoms with Crippen LogP contribution in [0.2, 0.25) is 5.02 Å². The Morgan fingerprint density at radius 1 is 1.17 bits per heavy atom. The summed E-state index contributed by atoms with van der Waals surface area (Å²) < 4.78 is 26.6. The second-order valence-electron chi connectivity index (χ2n) is 7.27. The van der Waals surface area contributed by atoms with Crippen molar-refractivity contribution in [1.29, 1.82) is 0 Å². The molecule has 1 heterocycles. The van der Waals surface area contributed by atoms with E-state index in [1.165, 1.54) is 18.2 Å². The number of fused-ring (bicyclic) bond motifs is 1. The molecule has 1 fully saturated rings. The predicted octanol–water partition coefficient (Wildman–Crippen LogP) is 4.02. The topological polar surface area (TPSA) is 83.6 Å². The zero-order chi connectivity index (χ0) is 20.9. The normalized spacial score (nSPS) is 17.3. The number of hydrogen-bond donors (Lipinski definition) is 1. The molecule has 1 aliphatic heterocycles. The average Bonchev–Trinajstić information content (AvgIpc) is 3.49. The fourth-order valence-corrected chi connectivity index (χ4v) is 5.84. The number of anilines is 1. The van der Waals surface area contributed by atoms with E-state index >= 15 is 0 Å². The minimum atomic E-state index is -3.91. The quantitative estimate of drug-likeness (QED) is 0.773. The Morgan fingerprint density at radius 2 is 1.90 bits per heavy atom. The van der Waals surface area contributed by atoms with E-state index in [0.29, 0.717) is 36.4 Å². The Morgan fingerprint density at radius 3 is 2.52 bits per heavy atom. The number of hydrogen-bond acceptors (Lipinski definition) is 4. The number of halogens is 1. The monoisotopic (exact) mass is 432 g/mol. The summed E-state index contributed by atoms with van der Waals surface area (Å²) in [5, 5.41) is 3.47. The molecule has 1 N–H and O–H groups in total. The molecule has 0 atom stereocenters. The first kappa shape index (κ1) is 19.9. The van der Waals surface area contributed by atoms with Gasteiger partial charge in [-0.2, -0.15) is 0 Å². The lowest BCUT2D eigenvalue weighted by atomic mass is 10.0. The van der Waals surface area contributed by atoms with E-state index < -0.39 is 21.8 Å². The molecule has 1 saturated carbocycles. The van der Waals surface area contributed by atoms with Gasteiger partial charge in [-0.15, -0.1) is 0 Å². The average molecular weight is 433 g/mol. The number of sulfonamides is 1. The predicted molar refractivity (Wildman–Crippen MR) is 111 cm³/mol. The molecule has 2 amide bonds. The third-order valence-electron chi connectivity index (χ3n) is 5.40. The van der Waals surface area contributed by atoms with Crippen LogP contribution in [0.15, 0.2) is 35.2 Å². The van der Waals surface area contributed by atoms with Crippen LogP contribution in [0.4, 0.5) is 5.69 Å². The third kappa shape index (κ3) is 3.22. The van der Waals surface area contributed by atoms with Crippen molar-refractivity contribution in [3.05, 3.63) is 57.6 Å². The first-order valence-corrected chi connectivity index (χ1v) is 11.5. The van der Waals surface area contributed by atoms with Gasteiger partial charge in [0.1, 0.15) is 4.90 Å². The smallest absolute Gasteiger partial charge is 0.269 e. The van der Waals surface area contributed by atoms with Crippen LogP contribution in [0.25, 0.3) is 0 Å². The second-order valence-corrected chi connectivity index (χ2v) is 9.46. The molecule has 0 radical (unpaired) electrons. The van der Waals surface area contributed by atoms with Crippen LogP contribution in [0.1, 0.15) is 58.5 Å². The fourth-order valence-electron chi connectivity index (χ4n) is 3.71. The highest BCUT2D eigenvalue weighted by Gasteiger charge is 2.48. The second kappa shape index (κ2) is 7.15. The molecule has 0 unspecified atom stereocenters. The molecule has 0 spiro atoms. The minimum Gasteiger partial charge on any atom is -0.321 e. The molecule has 1 aliphatic carbocycles. The summed E-state index contributed by atoms with van der Waals surface area (Å²) in [4.78, 5) is 25.3. The maximum atomic E-state index is 12.9. The van der Waals surface area contributed by atoms with Gasteiger partial charge in [0.2, 0.25) is 0 Å². The van der Waals surface area contributed by atoms with E-state index in [4.69, 9.17) is 11.6 Å². The van der Waals surface area contributed by atoms with E-state index in [1.807, 2.05) is 26.0 Å². The van der Waals surface area contributed by atoms with Crippen LogP contribution in [0.3, 0.4) is 0 Å². The molecule has 4 rings (SSSR count). The van der Waals surface area contributed by atoms with Crippen molar-refractivity contribution in [2.75, 3.05) is 5.32 Å². The Hall–Kier alpha value is -2.38. The first-order chi connectivity index (χ1) is 13.8. The van der Waals surface area contributed by atoms with Gasteiger partial charge < -0.3 is 5.32 Å². The number of carbonyl (C=O) groups excluding carboxylic acids is 2. The van der Waals surface area contributed by atoms with Crippen molar-refractivity contribution < 1.29 is 18.0 Å². The summed E-state index contributed by atoms with van der Waals surface area (Å²) in [5.74, 6) is -0.946. The molecule has 8 heteroatoms. The first-order valence-electron chi connectivity index (χ1n) is 9.64. The van der Waals surface area contributed by atoms with Gasteiger partial charge >= 0.3 is 0 Å². The fraction of sp³-hybridized carbons (Fsp3) is 0.333. The summed E-state index contributed by atoms with van der Waals surface area (Å²) in [6, 6.07) is 7.63. The molecule has 0 saturated heterocycles. The Bertz CT molecular complexity index is 1140. The van der Waals surface area contributed by atoms with Crippen molar-refractivity contribution in [1.82, 2.24) is 4.31 Å². The Balaban J connectivity index is 1.71. The highest BCUT2D eigenvalue weighted by atomic mass is 35.5. The zero-order valence-electron chi connectivity index (χ0n) is 16.2. The van der Waals surface area contributed by atoms with Gasteiger partial charge in [-0.1, -0.05) is 31.5 Å². The van der Waals surface area contributed by atoms with E-state index in [0.717, 1.165) is 15.4 Å². The van der Waals surface area contributed by atoms with E-state index in [9.17, 15) is 18.0 Å². The number of aryl methyl sites for hydroxylation is 1. The molecular formula is C21H21ClN2O4S. The molecule has 6 nitrogen and oxygen atoms in total. The maximum Gasteiger partial charge on any atom is 0.269 e. The van der Waals surface area contributed by atoms with Gasteiger partial charge in [0.15, 0.2) is 0 Å². The molecular weight excluding hydrogens is 412 g/mol. The summed E-state index contributed by atoms with van der Waals surface area (Å²) in [5.41, 5.74) is 2.75. The summed E-state index contributed by atoms with van der Waals surface area (Å²) in [6.45, 7) is 3.94. The van der Waals surface area contributed by atoms with Gasteiger partial charge in [-0.25, -0.2) is 12.7 Å². The van der Waals surface area contributed by atoms with Crippen molar-refractivity contribution in [3.63, 3.8) is 0 Å². The van der Waals surface area contributed by atoms with Gasteiger partial charge in [0.05, 0.1) is 5.56 Å². The maximum absolute atomic E-state index is 12.9. The SMILES string of the molecule is CCc1ccc(Cl)c(CC)c1NC(=O)c1ccc2c(c1)S(=O)(=O)N(C1CC1)C2=O. The lowest BCUT2D eigenvalue weighted by Gasteiger charge is -2.16. The number of nitrogens with zero attached hydrogens (tertiary/aromatic N) is 1. The molecule has 2 aromatic rings.